The maximum Gasteiger partial charge on any atom is 0.416 e. The average molecular weight is 713 g/mol. The van der Waals surface area contributed by atoms with Crippen molar-refractivity contribution in [2.75, 3.05) is 17.9 Å². The van der Waals surface area contributed by atoms with Crippen LogP contribution in [0.2, 0.25) is 15.1 Å². The van der Waals surface area contributed by atoms with E-state index < -0.39 is 51.9 Å². The number of alkyl halides is 3. The number of hydrogen-bond acceptors (Lipinski definition) is 4. The van der Waals surface area contributed by atoms with Crippen LogP contribution in [0.25, 0.3) is 0 Å². The van der Waals surface area contributed by atoms with Crippen LogP contribution in [0.1, 0.15) is 16.7 Å². The van der Waals surface area contributed by atoms with Crippen molar-refractivity contribution in [3.63, 3.8) is 0 Å². The standard InChI is InChI=1S/C32H27Cl3F3N3O4S/c1-39-31(43)29(17-21-9-4-2-5-10-21)40(19-24-25(33)13-8-14-26(24)34)30(42)20-41(46(44,45)23-11-6-3-7-12-23)28-18-22(32(36,37)38)15-16-27(28)35/h2-16,18,29H,17,19-20H2,1H3,(H,39,43)/t29-/m0/s1. The molecule has 0 saturated heterocycles. The van der Waals surface area contributed by atoms with Gasteiger partial charge >= 0.3 is 6.18 Å². The molecule has 1 atom stereocenters. The zero-order valence-electron chi connectivity index (χ0n) is 24.1. The molecule has 1 N–H and O–H groups in total. The molecule has 14 heteroatoms. The number of carbonyl (C=O) groups is 2. The lowest BCUT2D eigenvalue weighted by molar-refractivity contribution is -0.139. The molecule has 0 unspecified atom stereocenters. The highest BCUT2D eigenvalue weighted by molar-refractivity contribution is 7.92. The van der Waals surface area contributed by atoms with Gasteiger partial charge in [0.25, 0.3) is 10.0 Å². The summed E-state index contributed by atoms with van der Waals surface area (Å²) in [4.78, 5) is 28.5. The van der Waals surface area contributed by atoms with Crippen LogP contribution in [-0.2, 0) is 38.8 Å². The van der Waals surface area contributed by atoms with Crippen molar-refractivity contribution in [2.45, 2.75) is 30.1 Å². The number of benzene rings is 4. The smallest absolute Gasteiger partial charge is 0.357 e. The fourth-order valence-electron chi connectivity index (χ4n) is 4.69. The number of halogens is 6. The molecular formula is C32H27Cl3F3N3O4S. The van der Waals surface area contributed by atoms with Crippen molar-refractivity contribution in [1.82, 2.24) is 10.2 Å². The van der Waals surface area contributed by atoms with E-state index in [2.05, 4.69) is 5.32 Å². The topological polar surface area (TPSA) is 86.8 Å². The number of amides is 2. The molecule has 0 aliphatic carbocycles. The van der Waals surface area contributed by atoms with Gasteiger partial charge < -0.3 is 10.2 Å². The number of sulfonamides is 1. The Kier molecular flexibility index (Phi) is 11.3. The summed E-state index contributed by atoms with van der Waals surface area (Å²) in [5.41, 5.74) is -0.812. The second-order valence-electron chi connectivity index (χ2n) is 10.0. The second-order valence-corrected chi connectivity index (χ2v) is 13.1. The van der Waals surface area contributed by atoms with Gasteiger partial charge in [-0.05, 0) is 48.0 Å². The van der Waals surface area contributed by atoms with Crippen molar-refractivity contribution in [2.24, 2.45) is 0 Å². The summed E-state index contributed by atoms with van der Waals surface area (Å²) in [6.07, 6.45) is -4.84. The molecule has 4 rings (SSSR count). The minimum Gasteiger partial charge on any atom is -0.357 e. The summed E-state index contributed by atoms with van der Waals surface area (Å²) >= 11 is 19.2. The first-order valence-corrected chi connectivity index (χ1v) is 16.2. The molecule has 0 spiro atoms. The van der Waals surface area contributed by atoms with Gasteiger partial charge in [0.1, 0.15) is 12.6 Å². The predicted octanol–water partition coefficient (Wildman–Crippen LogP) is 7.25. The fraction of sp³-hybridized carbons (Fsp3) is 0.188. The van der Waals surface area contributed by atoms with Crippen LogP contribution in [-0.4, -0.2) is 44.8 Å². The van der Waals surface area contributed by atoms with E-state index in [0.29, 0.717) is 22.0 Å². The first-order chi connectivity index (χ1) is 21.7. The Labute approximate surface area is 279 Å². The largest absolute Gasteiger partial charge is 0.416 e. The Hall–Kier alpha value is -3.77. The van der Waals surface area contributed by atoms with Crippen LogP contribution >= 0.6 is 34.8 Å². The third kappa shape index (κ3) is 8.14. The van der Waals surface area contributed by atoms with Gasteiger partial charge in [-0.15, -0.1) is 0 Å². The average Bonchev–Trinajstić information content (AvgIpc) is 3.03. The van der Waals surface area contributed by atoms with E-state index in [1.165, 1.54) is 43.4 Å². The fourth-order valence-corrected chi connectivity index (χ4v) is 6.92. The molecule has 0 aromatic heterocycles. The lowest BCUT2D eigenvalue weighted by Gasteiger charge is -2.34. The van der Waals surface area contributed by atoms with E-state index in [9.17, 15) is 31.2 Å². The van der Waals surface area contributed by atoms with Gasteiger partial charge in [0, 0.05) is 35.6 Å². The Bertz CT molecular complexity index is 1790. The number of hydrogen-bond donors (Lipinski definition) is 1. The molecule has 4 aromatic carbocycles. The van der Waals surface area contributed by atoms with E-state index >= 15 is 0 Å². The van der Waals surface area contributed by atoms with Gasteiger partial charge in [-0.25, -0.2) is 8.42 Å². The Balaban J connectivity index is 1.88. The van der Waals surface area contributed by atoms with E-state index in [4.69, 9.17) is 34.8 Å². The predicted molar refractivity (Wildman–Crippen MR) is 172 cm³/mol. The first-order valence-electron chi connectivity index (χ1n) is 13.7. The highest BCUT2D eigenvalue weighted by Crippen LogP contribution is 2.38. The van der Waals surface area contributed by atoms with Crippen LogP contribution < -0.4 is 9.62 Å². The van der Waals surface area contributed by atoms with Gasteiger partial charge in [0.05, 0.1) is 21.2 Å². The van der Waals surface area contributed by atoms with Crippen molar-refractivity contribution in [3.05, 3.63) is 129 Å². The molecule has 0 heterocycles. The molecule has 4 aromatic rings. The second kappa shape index (κ2) is 14.8. The normalized spacial score (nSPS) is 12.3. The monoisotopic (exact) mass is 711 g/mol. The van der Waals surface area contributed by atoms with Crippen LogP contribution in [0.5, 0.6) is 0 Å². The molecule has 0 aliphatic rings. The quantitative estimate of drug-likeness (QED) is 0.178. The lowest BCUT2D eigenvalue weighted by Crippen LogP contribution is -2.53. The summed E-state index contributed by atoms with van der Waals surface area (Å²) < 4.78 is 69.9. The van der Waals surface area contributed by atoms with Crippen molar-refractivity contribution < 1.29 is 31.2 Å². The van der Waals surface area contributed by atoms with Gasteiger partial charge in [0.2, 0.25) is 11.8 Å². The van der Waals surface area contributed by atoms with Gasteiger partial charge in [-0.1, -0.05) is 89.4 Å². The molecule has 0 aliphatic heterocycles. The Morgan fingerprint density at radius 1 is 0.826 bits per heavy atom. The SMILES string of the molecule is CNC(=O)[C@H](Cc1ccccc1)N(Cc1c(Cl)cccc1Cl)C(=O)CN(c1cc(C(F)(F)F)ccc1Cl)S(=O)(=O)c1ccccc1. The van der Waals surface area contributed by atoms with E-state index in [-0.39, 0.29) is 38.5 Å². The van der Waals surface area contributed by atoms with Crippen LogP contribution in [0.3, 0.4) is 0 Å². The molecule has 242 valence electrons. The van der Waals surface area contributed by atoms with E-state index in [1.807, 2.05) is 0 Å². The highest BCUT2D eigenvalue weighted by atomic mass is 35.5. The number of anilines is 1. The van der Waals surface area contributed by atoms with E-state index in [0.717, 1.165) is 11.0 Å². The third-order valence-corrected chi connectivity index (χ3v) is 9.86. The van der Waals surface area contributed by atoms with Crippen molar-refractivity contribution in [3.8, 4) is 0 Å². The summed E-state index contributed by atoms with van der Waals surface area (Å²) in [7, 11) is -3.31. The van der Waals surface area contributed by atoms with Gasteiger partial charge in [0.15, 0.2) is 0 Å². The molecule has 46 heavy (non-hydrogen) atoms. The van der Waals surface area contributed by atoms with Crippen LogP contribution in [0.4, 0.5) is 18.9 Å². The highest BCUT2D eigenvalue weighted by Gasteiger charge is 2.37. The maximum absolute atomic E-state index is 14.4. The molecule has 0 radical (unpaired) electrons. The minimum absolute atomic E-state index is 0.00404. The molecule has 0 saturated carbocycles. The lowest BCUT2D eigenvalue weighted by atomic mass is 10.0. The van der Waals surface area contributed by atoms with Gasteiger partial charge in [-0.3, -0.25) is 13.9 Å². The summed E-state index contributed by atoms with van der Waals surface area (Å²) in [5, 5.41) is 2.53. The number of nitrogens with one attached hydrogen (secondary N) is 1. The number of carbonyl (C=O) groups excluding carboxylic acids is 2. The maximum atomic E-state index is 14.4. The molecule has 0 fully saturated rings. The van der Waals surface area contributed by atoms with Crippen LogP contribution in [0.15, 0.2) is 102 Å². The Morgan fingerprint density at radius 3 is 1.98 bits per heavy atom. The third-order valence-electron chi connectivity index (χ3n) is 7.06. The van der Waals surface area contributed by atoms with Gasteiger partial charge in [-0.2, -0.15) is 13.2 Å². The Morgan fingerprint density at radius 2 is 1.41 bits per heavy atom. The van der Waals surface area contributed by atoms with Crippen molar-refractivity contribution in [1.29, 1.82) is 0 Å². The number of likely N-dealkylation sites (N-methyl/N-ethyl adjacent to an activating group) is 1. The summed E-state index contributed by atoms with van der Waals surface area (Å²) in [6, 6.07) is 21.2. The summed E-state index contributed by atoms with van der Waals surface area (Å²) in [5.74, 6) is -1.52. The number of nitrogens with zero attached hydrogens (tertiary/aromatic N) is 2. The number of rotatable bonds is 11. The first kappa shape index (κ1) is 35.1. The zero-order valence-corrected chi connectivity index (χ0v) is 27.2. The van der Waals surface area contributed by atoms with Crippen LogP contribution in [0, 0.1) is 0 Å². The zero-order chi connectivity index (χ0) is 33.6. The molecule has 7 nitrogen and oxygen atoms in total. The van der Waals surface area contributed by atoms with E-state index in [1.54, 1.807) is 42.5 Å². The summed E-state index contributed by atoms with van der Waals surface area (Å²) in [6.45, 7) is -1.36. The minimum atomic E-state index is -4.85. The molecular weight excluding hydrogens is 686 g/mol. The molecule has 2 amide bonds. The van der Waals surface area contributed by atoms with Crippen molar-refractivity contribution >= 4 is 62.3 Å². The molecule has 0 bridgehead atoms.